The van der Waals surface area contributed by atoms with Gasteiger partial charge in [0.25, 0.3) is 0 Å². The Bertz CT molecular complexity index is 758. The Balaban J connectivity index is 2.21. The van der Waals surface area contributed by atoms with Crippen LogP contribution in [0, 0.1) is 0 Å². The van der Waals surface area contributed by atoms with Crippen LogP contribution in [0.4, 0.5) is 13.2 Å². The number of hydrogen-bond acceptors (Lipinski definition) is 1. The zero-order valence-corrected chi connectivity index (χ0v) is 10.4. The van der Waals surface area contributed by atoms with Crippen LogP contribution < -0.4 is 0 Å². The van der Waals surface area contributed by atoms with Gasteiger partial charge >= 0.3 is 6.18 Å². The lowest BCUT2D eigenvalue weighted by molar-refractivity contribution is -0.137. The summed E-state index contributed by atoms with van der Waals surface area (Å²) in [5.41, 5.74) is 0.371. The van der Waals surface area contributed by atoms with Gasteiger partial charge in [0.1, 0.15) is 0 Å². The zero-order valence-electron chi connectivity index (χ0n) is 10.4. The van der Waals surface area contributed by atoms with Crippen LogP contribution in [0.15, 0.2) is 60.8 Å². The molecule has 100 valence electrons. The molecule has 1 nitrogen and oxygen atoms in total. The molecule has 0 aliphatic rings. The van der Waals surface area contributed by atoms with Crippen LogP contribution in [0.25, 0.3) is 22.0 Å². The zero-order chi connectivity index (χ0) is 14.2. The highest BCUT2D eigenvalue weighted by Crippen LogP contribution is 2.33. The number of rotatable bonds is 1. The lowest BCUT2D eigenvalue weighted by Gasteiger charge is -2.10. The van der Waals surface area contributed by atoms with Crippen LogP contribution in [0.5, 0.6) is 0 Å². The van der Waals surface area contributed by atoms with Crippen LogP contribution in [0.3, 0.4) is 0 Å². The number of pyridine rings is 1. The molecule has 0 fully saturated rings. The van der Waals surface area contributed by atoms with Crippen LogP contribution in [0.2, 0.25) is 0 Å². The molecule has 1 aromatic heterocycles. The van der Waals surface area contributed by atoms with Crippen molar-refractivity contribution < 1.29 is 13.2 Å². The highest BCUT2D eigenvalue weighted by atomic mass is 19.4. The molecule has 3 rings (SSSR count). The average Bonchev–Trinajstić information content (AvgIpc) is 2.46. The molecule has 0 amide bonds. The van der Waals surface area contributed by atoms with Crippen LogP contribution in [-0.2, 0) is 6.18 Å². The third kappa shape index (κ3) is 2.25. The summed E-state index contributed by atoms with van der Waals surface area (Å²) in [5.74, 6) is 0. The summed E-state index contributed by atoms with van der Waals surface area (Å²) in [5, 5.41) is 1.80. The van der Waals surface area contributed by atoms with E-state index in [4.69, 9.17) is 0 Å². The summed E-state index contributed by atoms with van der Waals surface area (Å²) in [7, 11) is 0. The van der Waals surface area contributed by atoms with E-state index in [1.54, 1.807) is 12.3 Å². The molecule has 0 atom stereocenters. The number of halogens is 3. The van der Waals surface area contributed by atoms with Gasteiger partial charge in [-0.05, 0) is 23.6 Å². The molecule has 0 saturated heterocycles. The molecular formula is C16H10F3N. The minimum absolute atomic E-state index is 0.469. The molecule has 0 spiro atoms. The second-order valence-electron chi connectivity index (χ2n) is 4.46. The summed E-state index contributed by atoms with van der Waals surface area (Å²) in [6.07, 6.45) is -2.74. The third-order valence-electron chi connectivity index (χ3n) is 3.14. The van der Waals surface area contributed by atoms with E-state index in [-0.39, 0.29) is 0 Å². The van der Waals surface area contributed by atoms with E-state index < -0.39 is 11.7 Å². The summed E-state index contributed by atoms with van der Waals surface area (Å²) in [4.78, 5) is 4.23. The second-order valence-corrected chi connectivity index (χ2v) is 4.46. The van der Waals surface area contributed by atoms with Gasteiger partial charge in [0.2, 0.25) is 0 Å². The first-order valence-electron chi connectivity index (χ1n) is 6.07. The van der Waals surface area contributed by atoms with Crippen molar-refractivity contribution in [2.75, 3.05) is 0 Å². The van der Waals surface area contributed by atoms with Gasteiger partial charge in [-0.3, -0.25) is 4.98 Å². The van der Waals surface area contributed by atoms with Gasteiger partial charge in [-0.2, -0.15) is 13.2 Å². The predicted octanol–water partition coefficient (Wildman–Crippen LogP) is 4.92. The third-order valence-corrected chi connectivity index (χ3v) is 3.14. The molecule has 2 aromatic carbocycles. The largest absolute Gasteiger partial charge is 0.416 e. The van der Waals surface area contributed by atoms with E-state index in [0.717, 1.165) is 22.9 Å². The number of aromatic nitrogens is 1. The van der Waals surface area contributed by atoms with E-state index >= 15 is 0 Å². The smallest absolute Gasteiger partial charge is 0.256 e. The Labute approximate surface area is 113 Å². The number of nitrogens with zero attached hydrogens (tertiary/aromatic N) is 1. The minimum atomic E-state index is -4.35. The van der Waals surface area contributed by atoms with Crippen molar-refractivity contribution in [1.82, 2.24) is 4.98 Å². The fourth-order valence-corrected chi connectivity index (χ4v) is 2.19. The molecule has 0 saturated carbocycles. The molecule has 0 bridgehead atoms. The molecule has 0 aliphatic heterocycles. The maximum Gasteiger partial charge on any atom is 0.416 e. The second kappa shape index (κ2) is 4.63. The van der Waals surface area contributed by atoms with E-state index in [0.29, 0.717) is 11.3 Å². The standard InChI is InChI=1S/C16H10F3N/c17-16(18,19)13-6-3-5-12(10-13)15-14-7-2-1-4-11(14)8-9-20-15/h1-10H. The predicted molar refractivity (Wildman–Crippen MR) is 72.2 cm³/mol. The topological polar surface area (TPSA) is 12.9 Å². The molecule has 1 heterocycles. The van der Waals surface area contributed by atoms with Gasteiger partial charge in [0, 0.05) is 17.1 Å². The van der Waals surface area contributed by atoms with E-state index in [1.165, 1.54) is 6.07 Å². The van der Waals surface area contributed by atoms with Gasteiger partial charge < -0.3 is 0 Å². The maximum atomic E-state index is 12.8. The van der Waals surface area contributed by atoms with E-state index in [9.17, 15) is 13.2 Å². The van der Waals surface area contributed by atoms with Gasteiger partial charge in [-0.25, -0.2) is 0 Å². The molecule has 3 aromatic rings. The highest BCUT2D eigenvalue weighted by molar-refractivity contribution is 5.94. The molecular weight excluding hydrogens is 263 g/mol. The van der Waals surface area contributed by atoms with E-state index in [1.807, 2.05) is 30.3 Å². The lowest BCUT2D eigenvalue weighted by atomic mass is 10.0. The maximum absolute atomic E-state index is 12.8. The molecule has 20 heavy (non-hydrogen) atoms. The Morgan fingerprint density at radius 2 is 1.65 bits per heavy atom. The SMILES string of the molecule is FC(F)(F)c1cccc(-c2nccc3ccccc23)c1. The van der Waals surface area contributed by atoms with Crippen molar-refractivity contribution in [1.29, 1.82) is 0 Å². The molecule has 0 radical (unpaired) electrons. The first-order chi connectivity index (χ1) is 9.55. The molecule has 0 unspecified atom stereocenters. The average molecular weight is 273 g/mol. The lowest BCUT2D eigenvalue weighted by Crippen LogP contribution is -2.04. The highest BCUT2D eigenvalue weighted by Gasteiger charge is 2.30. The Morgan fingerprint density at radius 1 is 0.850 bits per heavy atom. The van der Waals surface area contributed by atoms with Crippen molar-refractivity contribution in [3.8, 4) is 11.3 Å². The van der Waals surface area contributed by atoms with Crippen molar-refractivity contribution in [3.05, 3.63) is 66.4 Å². The van der Waals surface area contributed by atoms with E-state index in [2.05, 4.69) is 4.98 Å². The minimum Gasteiger partial charge on any atom is -0.256 e. The Kier molecular flexibility index (Phi) is 2.93. The summed E-state index contributed by atoms with van der Waals surface area (Å²) >= 11 is 0. The van der Waals surface area contributed by atoms with Crippen LogP contribution >= 0.6 is 0 Å². The molecule has 0 N–H and O–H groups in total. The first kappa shape index (κ1) is 12.7. The summed E-state index contributed by atoms with van der Waals surface area (Å²) in [6, 6.07) is 14.6. The van der Waals surface area contributed by atoms with Crippen LogP contribution in [0.1, 0.15) is 5.56 Å². The monoisotopic (exact) mass is 273 g/mol. The normalized spacial score (nSPS) is 11.8. The number of hydrogen-bond donors (Lipinski definition) is 0. The Morgan fingerprint density at radius 3 is 2.45 bits per heavy atom. The molecule has 0 aliphatic carbocycles. The van der Waals surface area contributed by atoms with Crippen LogP contribution in [-0.4, -0.2) is 4.98 Å². The van der Waals surface area contributed by atoms with Gasteiger partial charge in [0.15, 0.2) is 0 Å². The number of benzene rings is 2. The molecule has 4 heteroatoms. The van der Waals surface area contributed by atoms with Gasteiger partial charge in [-0.15, -0.1) is 0 Å². The van der Waals surface area contributed by atoms with Crippen molar-refractivity contribution in [3.63, 3.8) is 0 Å². The fraction of sp³-hybridized carbons (Fsp3) is 0.0625. The Hall–Kier alpha value is -2.36. The first-order valence-corrected chi connectivity index (χ1v) is 6.07. The van der Waals surface area contributed by atoms with Crippen molar-refractivity contribution >= 4 is 10.8 Å². The number of alkyl halides is 3. The van der Waals surface area contributed by atoms with Crippen molar-refractivity contribution in [2.24, 2.45) is 0 Å². The summed E-state index contributed by atoms with van der Waals surface area (Å²) in [6.45, 7) is 0. The van der Waals surface area contributed by atoms with Gasteiger partial charge in [0.05, 0.1) is 11.3 Å². The quantitative estimate of drug-likeness (QED) is 0.613. The van der Waals surface area contributed by atoms with Gasteiger partial charge in [-0.1, -0.05) is 36.4 Å². The fourth-order valence-electron chi connectivity index (χ4n) is 2.19. The summed E-state index contributed by atoms with van der Waals surface area (Å²) < 4.78 is 38.3. The van der Waals surface area contributed by atoms with Crippen molar-refractivity contribution in [2.45, 2.75) is 6.18 Å². The number of fused-ring (bicyclic) bond motifs is 1.